The van der Waals surface area contributed by atoms with Gasteiger partial charge >= 0.3 is 0 Å². The first-order valence-electron chi connectivity index (χ1n) is 6.13. The van der Waals surface area contributed by atoms with Gasteiger partial charge in [0.25, 0.3) is 5.91 Å². The van der Waals surface area contributed by atoms with E-state index in [-0.39, 0.29) is 18.6 Å². The van der Waals surface area contributed by atoms with Crippen LogP contribution in [0, 0.1) is 0 Å². The molecule has 1 aromatic carbocycles. The summed E-state index contributed by atoms with van der Waals surface area (Å²) < 4.78 is 0. The van der Waals surface area contributed by atoms with Crippen molar-refractivity contribution in [3.05, 3.63) is 36.0 Å². The second-order valence-corrected chi connectivity index (χ2v) is 4.56. The van der Waals surface area contributed by atoms with Gasteiger partial charge in [0.05, 0.1) is 12.2 Å². The summed E-state index contributed by atoms with van der Waals surface area (Å²) in [4.78, 5) is 17.2. The van der Waals surface area contributed by atoms with E-state index in [9.17, 15) is 4.79 Å². The summed E-state index contributed by atoms with van der Waals surface area (Å²) in [6, 6.07) is 7.78. The highest BCUT2D eigenvalue weighted by Gasteiger charge is 2.20. The van der Waals surface area contributed by atoms with Crippen molar-refractivity contribution in [2.45, 2.75) is 19.9 Å². The number of nitrogens with zero attached hydrogens (tertiary/aromatic N) is 1. The number of H-pyrrole nitrogens is 1. The van der Waals surface area contributed by atoms with Gasteiger partial charge in [-0.15, -0.1) is 0 Å². The van der Waals surface area contributed by atoms with E-state index in [2.05, 4.69) is 4.98 Å². The number of hydrogen-bond donors (Lipinski definition) is 2. The van der Waals surface area contributed by atoms with Gasteiger partial charge in [-0.3, -0.25) is 4.79 Å². The Bertz CT molecular complexity index is 545. The molecule has 2 aromatic rings. The molecule has 0 saturated carbocycles. The number of aromatic amines is 1. The lowest BCUT2D eigenvalue weighted by atomic mass is 10.1. The molecule has 0 spiro atoms. The molecule has 2 rings (SSSR count). The number of rotatable bonds is 4. The van der Waals surface area contributed by atoms with Crippen molar-refractivity contribution in [3.8, 4) is 0 Å². The topological polar surface area (TPSA) is 56.3 Å². The number of aromatic nitrogens is 1. The van der Waals surface area contributed by atoms with Crippen LogP contribution in [-0.2, 0) is 0 Å². The first-order chi connectivity index (χ1) is 8.65. The van der Waals surface area contributed by atoms with Gasteiger partial charge in [0.2, 0.25) is 0 Å². The Morgan fingerprint density at radius 2 is 2.11 bits per heavy atom. The fraction of sp³-hybridized carbons (Fsp3) is 0.357. The lowest BCUT2D eigenvalue weighted by Crippen LogP contribution is -2.38. The second-order valence-electron chi connectivity index (χ2n) is 4.56. The normalized spacial score (nSPS) is 11.1. The minimum absolute atomic E-state index is 0.0216. The van der Waals surface area contributed by atoms with E-state index < -0.39 is 0 Å². The highest BCUT2D eigenvalue weighted by molar-refractivity contribution is 6.06. The number of hydrogen-bond acceptors (Lipinski definition) is 2. The number of carbonyl (C=O) groups excluding carboxylic acids is 1. The molecule has 0 bridgehead atoms. The maximum atomic E-state index is 12.4. The summed E-state index contributed by atoms with van der Waals surface area (Å²) in [6.45, 7) is 4.23. The molecule has 2 N–H and O–H groups in total. The van der Waals surface area contributed by atoms with E-state index in [1.165, 1.54) is 0 Å². The highest BCUT2D eigenvalue weighted by atomic mass is 16.3. The zero-order valence-electron chi connectivity index (χ0n) is 10.7. The predicted octanol–water partition coefficient (Wildman–Crippen LogP) is 2.01. The molecule has 0 aliphatic rings. The van der Waals surface area contributed by atoms with Crippen LogP contribution in [0.3, 0.4) is 0 Å². The SMILES string of the molecule is CC(C)N(CCO)C(=O)c1c[nH]c2ccccc12. The van der Waals surface area contributed by atoms with Crippen LogP contribution in [0.2, 0.25) is 0 Å². The average molecular weight is 246 g/mol. The van der Waals surface area contributed by atoms with E-state index >= 15 is 0 Å². The van der Waals surface area contributed by atoms with Crippen molar-refractivity contribution in [1.82, 2.24) is 9.88 Å². The standard InChI is InChI=1S/C14H18N2O2/c1-10(2)16(7-8-17)14(18)12-9-15-13-6-4-3-5-11(12)13/h3-6,9-10,15,17H,7-8H2,1-2H3. The number of aliphatic hydroxyl groups excluding tert-OH is 1. The van der Waals surface area contributed by atoms with Crippen molar-refractivity contribution in [2.75, 3.05) is 13.2 Å². The highest BCUT2D eigenvalue weighted by Crippen LogP contribution is 2.20. The van der Waals surface area contributed by atoms with E-state index in [4.69, 9.17) is 5.11 Å². The Kier molecular flexibility index (Phi) is 3.67. The predicted molar refractivity (Wildman–Crippen MR) is 71.6 cm³/mol. The van der Waals surface area contributed by atoms with Crippen LogP contribution in [0.5, 0.6) is 0 Å². The molecular formula is C14H18N2O2. The van der Waals surface area contributed by atoms with Gasteiger partial charge in [-0.05, 0) is 19.9 Å². The molecule has 1 aromatic heterocycles. The van der Waals surface area contributed by atoms with Gasteiger partial charge in [-0.1, -0.05) is 18.2 Å². The van der Waals surface area contributed by atoms with Crippen molar-refractivity contribution in [3.63, 3.8) is 0 Å². The maximum absolute atomic E-state index is 12.4. The summed E-state index contributed by atoms with van der Waals surface area (Å²) >= 11 is 0. The number of fused-ring (bicyclic) bond motifs is 1. The lowest BCUT2D eigenvalue weighted by molar-refractivity contribution is 0.0667. The smallest absolute Gasteiger partial charge is 0.256 e. The summed E-state index contributed by atoms with van der Waals surface area (Å²) in [5.41, 5.74) is 1.61. The van der Waals surface area contributed by atoms with Crippen LogP contribution >= 0.6 is 0 Å². The van der Waals surface area contributed by atoms with Crippen LogP contribution in [0.4, 0.5) is 0 Å². The Labute approximate surface area is 106 Å². The molecule has 0 atom stereocenters. The first-order valence-corrected chi connectivity index (χ1v) is 6.13. The van der Waals surface area contributed by atoms with Gasteiger partial charge < -0.3 is 15.0 Å². The molecule has 0 aliphatic heterocycles. The number of amides is 1. The van der Waals surface area contributed by atoms with Gasteiger partial charge in [-0.25, -0.2) is 0 Å². The fourth-order valence-electron chi connectivity index (χ4n) is 2.11. The van der Waals surface area contributed by atoms with Gasteiger partial charge in [-0.2, -0.15) is 0 Å². The van der Waals surface area contributed by atoms with Gasteiger partial charge in [0, 0.05) is 29.7 Å². The minimum atomic E-state index is -0.0449. The van der Waals surface area contributed by atoms with E-state index in [1.54, 1.807) is 11.1 Å². The Balaban J connectivity index is 2.38. The third-order valence-electron chi connectivity index (χ3n) is 3.04. The summed E-state index contributed by atoms with van der Waals surface area (Å²) in [7, 11) is 0. The monoisotopic (exact) mass is 246 g/mol. The third-order valence-corrected chi connectivity index (χ3v) is 3.04. The molecule has 18 heavy (non-hydrogen) atoms. The maximum Gasteiger partial charge on any atom is 0.256 e. The second kappa shape index (κ2) is 5.23. The summed E-state index contributed by atoms with van der Waals surface area (Å²) in [5.74, 6) is -0.0449. The molecule has 0 unspecified atom stereocenters. The first kappa shape index (κ1) is 12.6. The average Bonchev–Trinajstić information content (AvgIpc) is 2.78. The lowest BCUT2D eigenvalue weighted by Gasteiger charge is -2.25. The van der Waals surface area contributed by atoms with Crippen molar-refractivity contribution in [2.24, 2.45) is 0 Å². The number of benzene rings is 1. The molecule has 1 amide bonds. The molecule has 4 nitrogen and oxygen atoms in total. The van der Waals surface area contributed by atoms with Crippen LogP contribution in [0.25, 0.3) is 10.9 Å². The van der Waals surface area contributed by atoms with E-state index in [0.717, 1.165) is 10.9 Å². The molecule has 0 fully saturated rings. The largest absolute Gasteiger partial charge is 0.395 e. The van der Waals surface area contributed by atoms with Crippen LogP contribution in [0.1, 0.15) is 24.2 Å². The van der Waals surface area contributed by atoms with Crippen LogP contribution < -0.4 is 0 Å². The summed E-state index contributed by atoms with van der Waals surface area (Å²) in [6.07, 6.45) is 1.74. The zero-order valence-corrected chi connectivity index (χ0v) is 10.7. The molecular weight excluding hydrogens is 228 g/mol. The van der Waals surface area contributed by atoms with Crippen LogP contribution in [-0.4, -0.2) is 40.1 Å². The van der Waals surface area contributed by atoms with Crippen molar-refractivity contribution >= 4 is 16.8 Å². The number of nitrogens with one attached hydrogen (secondary N) is 1. The van der Waals surface area contributed by atoms with Crippen LogP contribution in [0.15, 0.2) is 30.5 Å². The number of para-hydroxylation sites is 1. The number of carbonyl (C=O) groups is 1. The van der Waals surface area contributed by atoms with E-state index in [0.29, 0.717) is 12.1 Å². The molecule has 96 valence electrons. The Morgan fingerprint density at radius 3 is 2.78 bits per heavy atom. The van der Waals surface area contributed by atoms with Crippen molar-refractivity contribution in [1.29, 1.82) is 0 Å². The fourth-order valence-corrected chi connectivity index (χ4v) is 2.11. The van der Waals surface area contributed by atoms with E-state index in [1.807, 2.05) is 38.1 Å². The van der Waals surface area contributed by atoms with Gasteiger partial charge in [0.15, 0.2) is 0 Å². The van der Waals surface area contributed by atoms with Gasteiger partial charge in [0.1, 0.15) is 0 Å². The molecule has 0 radical (unpaired) electrons. The molecule has 0 aliphatic carbocycles. The van der Waals surface area contributed by atoms with Crippen molar-refractivity contribution < 1.29 is 9.90 Å². The number of aliphatic hydroxyl groups is 1. The Hall–Kier alpha value is -1.81. The summed E-state index contributed by atoms with van der Waals surface area (Å²) in [5, 5.41) is 9.97. The quantitative estimate of drug-likeness (QED) is 0.867. The minimum Gasteiger partial charge on any atom is -0.395 e. The zero-order chi connectivity index (χ0) is 13.1. The third kappa shape index (κ3) is 2.24. The molecule has 1 heterocycles. The Morgan fingerprint density at radius 1 is 1.39 bits per heavy atom. The molecule has 0 saturated heterocycles. The molecule has 4 heteroatoms.